The number of benzene rings is 2. The molecule has 2 heterocycles. The van der Waals surface area contributed by atoms with Crippen molar-refractivity contribution in [2.24, 2.45) is 0 Å². The van der Waals surface area contributed by atoms with Crippen molar-refractivity contribution in [2.75, 3.05) is 0 Å². The molecule has 20 heteroatoms. The summed E-state index contributed by atoms with van der Waals surface area (Å²) >= 11 is 0. The molecule has 0 saturated carbocycles. The van der Waals surface area contributed by atoms with Crippen LogP contribution >= 0.6 is 15.6 Å². The predicted molar refractivity (Wildman–Crippen MR) is 144 cm³/mol. The second kappa shape index (κ2) is 13.1. The van der Waals surface area contributed by atoms with Crippen molar-refractivity contribution < 1.29 is 92.1 Å². The van der Waals surface area contributed by atoms with Gasteiger partial charge in [-0.1, -0.05) is 36.4 Å². The summed E-state index contributed by atoms with van der Waals surface area (Å²) in [6, 6.07) is 24.0. The van der Waals surface area contributed by atoms with E-state index in [-0.39, 0.29) is 17.0 Å². The van der Waals surface area contributed by atoms with Crippen molar-refractivity contribution in [2.45, 2.75) is 19.6 Å². The third-order valence-corrected chi connectivity index (χ3v) is 5.36. The van der Waals surface area contributed by atoms with Gasteiger partial charge in [-0.3, -0.25) is 0 Å². The predicted octanol–water partition coefficient (Wildman–Crippen LogP) is 6.23. The van der Waals surface area contributed by atoms with Gasteiger partial charge in [0.15, 0.2) is 37.9 Å². The zero-order valence-corrected chi connectivity index (χ0v) is 26.5. The third-order valence-electron chi connectivity index (χ3n) is 5.36. The van der Waals surface area contributed by atoms with Crippen LogP contribution in [0.1, 0.15) is 27.0 Å². The average molecular weight is 782 g/mol. The van der Waals surface area contributed by atoms with Crippen LogP contribution in [0.5, 0.6) is 0 Å². The Hall–Kier alpha value is -3.33. The molecule has 0 aliphatic heterocycles. The van der Waals surface area contributed by atoms with E-state index in [9.17, 15) is 55.2 Å². The molecule has 0 atom stereocenters. The molecule has 0 saturated heterocycles. The fourth-order valence-corrected chi connectivity index (χ4v) is 3.50. The van der Waals surface area contributed by atoms with E-state index >= 15 is 0 Å². The molecule has 0 unspecified atom stereocenters. The van der Waals surface area contributed by atoms with Crippen molar-refractivity contribution in [3.8, 4) is 11.1 Å². The van der Waals surface area contributed by atoms with Crippen LogP contribution in [0.15, 0.2) is 97.6 Å². The minimum atomic E-state index is -10.7. The van der Waals surface area contributed by atoms with E-state index in [1.807, 2.05) is 24.5 Å². The fraction of sp³-hybridized carbons (Fsp3) is 0.115. The number of carbonyl (C=O) groups is 1. The molecule has 0 bridgehead atoms. The maximum Gasteiger partial charge on any atom is 0.335 e. The number of hydrogen-bond acceptors (Lipinski definition) is 1. The molecule has 4 N–H and O–H groups in total. The smallest absolute Gasteiger partial charge is 0.335 e. The molecule has 0 spiro atoms. The molecule has 0 aliphatic rings. The summed E-state index contributed by atoms with van der Waals surface area (Å²) in [7, 11) is -21.3. The second-order valence-corrected chi connectivity index (χ2v) is 13.3. The SMILES string of the molecule is F[P-](F)(F)(F)(F)F.F[P-](F)(F)(F)(F)F.[Br-].[NH3+]Cc1ccc(C[n+]2ccc(-c3cc[n+](Cc4ccc(C(=O)O)cc4)cc3)cc2)cc1. The monoisotopic (exact) mass is 781 g/mol. The van der Waals surface area contributed by atoms with Crippen LogP contribution in [0.4, 0.5) is 50.4 Å². The number of quaternary nitrogens is 1. The van der Waals surface area contributed by atoms with Crippen LogP contribution in [-0.2, 0) is 19.6 Å². The van der Waals surface area contributed by atoms with E-state index in [2.05, 4.69) is 75.8 Å². The number of pyridine rings is 2. The molecule has 4 aromatic rings. The van der Waals surface area contributed by atoms with E-state index in [1.54, 1.807) is 12.1 Å². The molecule has 258 valence electrons. The van der Waals surface area contributed by atoms with Crippen molar-refractivity contribution in [3.63, 3.8) is 0 Å². The van der Waals surface area contributed by atoms with Crippen LogP contribution < -0.4 is 31.8 Å². The largest absolute Gasteiger partial charge is 1.00 e. The number of carboxylic acids is 1. The normalized spacial score (nSPS) is 14.3. The van der Waals surface area contributed by atoms with Gasteiger partial charge in [0.1, 0.15) is 0 Å². The number of aromatic carboxylic acids is 1. The summed E-state index contributed by atoms with van der Waals surface area (Å²) in [6.45, 7) is 2.35. The quantitative estimate of drug-likeness (QED) is 0.133. The Balaban J connectivity index is 0.000000592. The Labute approximate surface area is 264 Å². The Morgan fingerprint density at radius 1 is 0.543 bits per heavy atom. The number of hydrogen-bond donors (Lipinski definition) is 2. The van der Waals surface area contributed by atoms with E-state index in [0.29, 0.717) is 12.1 Å². The Kier molecular flexibility index (Phi) is 11.5. The van der Waals surface area contributed by atoms with Gasteiger partial charge in [0.25, 0.3) is 0 Å². The number of halogens is 13. The van der Waals surface area contributed by atoms with E-state index < -0.39 is 21.6 Å². The van der Waals surface area contributed by atoms with Crippen molar-refractivity contribution in [1.29, 1.82) is 0 Å². The summed E-state index contributed by atoms with van der Waals surface area (Å²) in [5.74, 6) is -0.903. The Morgan fingerprint density at radius 2 is 0.804 bits per heavy atom. The van der Waals surface area contributed by atoms with E-state index in [1.165, 1.54) is 16.7 Å². The molecule has 0 aliphatic carbocycles. The van der Waals surface area contributed by atoms with Gasteiger partial charge in [0, 0.05) is 41.0 Å². The summed E-state index contributed by atoms with van der Waals surface area (Å²) in [4.78, 5) is 11.0. The molecule has 0 amide bonds. The summed E-state index contributed by atoms with van der Waals surface area (Å²) < 4.78 is 123. The number of rotatable bonds is 7. The molecule has 4 rings (SSSR count). The van der Waals surface area contributed by atoms with Gasteiger partial charge >= 0.3 is 71.9 Å². The summed E-state index contributed by atoms with van der Waals surface area (Å²) in [6.07, 6.45) is 8.31. The maximum atomic E-state index is 11.0. The van der Waals surface area contributed by atoms with E-state index in [0.717, 1.165) is 24.2 Å². The maximum absolute atomic E-state index is 11.0. The molecule has 5 nitrogen and oxygen atoms in total. The Bertz CT molecular complexity index is 1550. The molecule has 0 radical (unpaired) electrons. The Morgan fingerprint density at radius 3 is 1.07 bits per heavy atom. The first-order valence-corrected chi connectivity index (χ1v) is 16.4. The minimum absolute atomic E-state index is 0. The van der Waals surface area contributed by atoms with Gasteiger partial charge < -0.3 is 27.8 Å². The van der Waals surface area contributed by atoms with Crippen LogP contribution in [-0.4, -0.2) is 11.1 Å². The number of aromatic nitrogens is 2. The van der Waals surface area contributed by atoms with Crippen LogP contribution in [0.3, 0.4) is 0 Å². The zero-order valence-electron chi connectivity index (χ0n) is 23.1. The molecule has 46 heavy (non-hydrogen) atoms. The third kappa shape index (κ3) is 21.4. The van der Waals surface area contributed by atoms with Crippen molar-refractivity contribution in [3.05, 3.63) is 120 Å². The standard InChI is InChI=1S/C26H24N3O2.BrH.2F6P/c27-17-20-1-3-21(4-2-20)18-28-13-9-23(10-14-28)24-11-15-29(16-12-24)19-22-5-7-25(8-6-22)26(30)31;;2*1-7(2,3,4,5)6/h1-16H,17-19,27H2;1H;;/q+1;;2*-1/p+1. The number of carboxylic acid groups (broad SMARTS) is 1. The zero-order chi connectivity index (χ0) is 34.4. The molecular weight excluding hydrogens is 756 g/mol. The van der Waals surface area contributed by atoms with Crippen LogP contribution in [0.25, 0.3) is 11.1 Å². The topological polar surface area (TPSA) is 72.7 Å². The first kappa shape index (κ1) is 40.7. The first-order chi connectivity index (χ1) is 20.0. The van der Waals surface area contributed by atoms with Gasteiger partial charge in [-0.2, -0.15) is 0 Å². The van der Waals surface area contributed by atoms with Gasteiger partial charge in [0.05, 0.1) is 12.1 Å². The fourth-order valence-electron chi connectivity index (χ4n) is 3.50. The van der Waals surface area contributed by atoms with Gasteiger partial charge in [-0.25, -0.2) is 13.9 Å². The minimum Gasteiger partial charge on any atom is -1.00 e. The van der Waals surface area contributed by atoms with E-state index in [4.69, 9.17) is 5.11 Å². The number of nitrogens with zero attached hydrogens (tertiary/aromatic N) is 2. The van der Waals surface area contributed by atoms with Crippen LogP contribution in [0, 0.1) is 0 Å². The van der Waals surface area contributed by atoms with Gasteiger partial charge in [0.2, 0.25) is 0 Å². The average Bonchev–Trinajstić information content (AvgIpc) is 2.87. The second-order valence-electron chi connectivity index (χ2n) is 9.50. The van der Waals surface area contributed by atoms with Crippen molar-refractivity contribution >= 4 is 21.6 Å². The summed E-state index contributed by atoms with van der Waals surface area (Å²) in [5, 5.41) is 9.01. The summed E-state index contributed by atoms with van der Waals surface area (Å²) in [5.41, 5.74) is 10.1. The molecule has 2 aromatic heterocycles. The van der Waals surface area contributed by atoms with Gasteiger partial charge in [-0.15, -0.1) is 0 Å². The van der Waals surface area contributed by atoms with Crippen molar-refractivity contribution in [1.82, 2.24) is 0 Å². The molecule has 0 fully saturated rings. The molecular formula is C26H26BrF12N3O2P2. The molecule has 2 aromatic carbocycles. The van der Waals surface area contributed by atoms with Crippen LogP contribution in [0.2, 0.25) is 0 Å². The first-order valence-electron chi connectivity index (χ1n) is 12.3. The van der Waals surface area contributed by atoms with Gasteiger partial charge in [-0.05, 0) is 23.3 Å².